The van der Waals surface area contributed by atoms with E-state index in [0.29, 0.717) is 21.3 Å². The minimum Gasteiger partial charge on any atom is -0.332 e. The zero-order valence-corrected chi connectivity index (χ0v) is 20.6. The second kappa shape index (κ2) is 11.9. The molecule has 4 aromatic carbocycles. The fourth-order valence-electron chi connectivity index (χ4n) is 3.37. The molecule has 0 aliphatic carbocycles. The van der Waals surface area contributed by atoms with Gasteiger partial charge >= 0.3 is 0 Å². The monoisotopic (exact) mass is 541 g/mol. The van der Waals surface area contributed by atoms with E-state index >= 15 is 0 Å². The predicted octanol–water partition coefficient (Wildman–Crippen LogP) is 7.52. The lowest BCUT2D eigenvalue weighted by Crippen LogP contribution is -2.21. The van der Waals surface area contributed by atoms with Crippen LogP contribution < -0.4 is 16.0 Å². The summed E-state index contributed by atoms with van der Waals surface area (Å²) in [5, 5.41) is 7.49. The van der Waals surface area contributed by atoms with Crippen LogP contribution in [0.2, 0.25) is 0 Å². The van der Waals surface area contributed by atoms with Crippen molar-refractivity contribution in [2.75, 3.05) is 16.0 Å². The Bertz CT molecular complexity index is 1400. The van der Waals surface area contributed by atoms with E-state index in [4.69, 9.17) is 12.2 Å². The molecule has 3 N–H and O–H groups in total. The van der Waals surface area contributed by atoms with E-state index in [9.17, 15) is 22.4 Å². The highest BCUT2D eigenvalue weighted by atomic mass is 32.2. The van der Waals surface area contributed by atoms with E-state index in [1.54, 1.807) is 54.6 Å². The average molecular weight is 542 g/mol. The number of hydrogen-bond donors (Lipinski definition) is 3. The Morgan fingerprint density at radius 2 is 1.27 bits per heavy atom. The molecule has 0 fully saturated rings. The number of thioether (sulfide) groups is 1. The first kappa shape index (κ1) is 26.2. The normalized spacial score (nSPS) is 11.5. The van der Waals surface area contributed by atoms with Crippen LogP contribution in [-0.2, 0) is 4.79 Å². The smallest absolute Gasteiger partial charge is 0.242 e. The van der Waals surface area contributed by atoms with E-state index in [1.807, 2.05) is 35.6 Å². The summed E-state index contributed by atoms with van der Waals surface area (Å²) in [6.45, 7) is 0. The van der Waals surface area contributed by atoms with Crippen molar-refractivity contribution in [3.8, 4) is 0 Å². The van der Waals surface area contributed by atoms with Crippen molar-refractivity contribution >= 4 is 52.1 Å². The molecule has 188 valence electrons. The number of amides is 1. The van der Waals surface area contributed by atoms with E-state index in [0.717, 1.165) is 17.4 Å². The molecular formula is C27H19F4N3OS2. The minimum atomic E-state index is -1.69. The Balaban J connectivity index is 1.55. The Morgan fingerprint density at radius 3 is 1.92 bits per heavy atom. The summed E-state index contributed by atoms with van der Waals surface area (Å²) < 4.78 is 55.7. The van der Waals surface area contributed by atoms with Gasteiger partial charge in [-0.1, -0.05) is 54.6 Å². The molecule has 0 bridgehead atoms. The number of benzene rings is 4. The van der Waals surface area contributed by atoms with Crippen molar-refractivity contribution in [1.82, 2.24) is 0 Å². The second-order valence-electron chi connectivity index (χ2n) is 7.71. The van der Waals surface area contributed by atoms with E-state index in [2.05, 4.69) is 10.6 Å². The van der Waals surface area contributed by atoms with Gasteiger partial charge in [0.1, 0.15) is 10.9 Å². The Labute approximate surface area is 220 Å². The number of anilines is 3. The van der Waals surface area contributed by atoms with Gasteiger partial charge in [0, 0.05) is 22.3 Å². The highest BCUT2D eigenvalue weighted by molar-refractivity contribution is 8.00. The lowest BCUT2D eigenvalue weighted by Gasteiger charge is -2.18. The van der Waals surface area contributed by atoms with Gasteiger partial charge in [0.05, 0.1) is 0 Å². The summed E-state index contributed by atoms with van der Waals surface area (Å²) in [6, 6.07) is 24.9. The van der Waals surface area contributed by atoms with Crippen LogP contribution in [0.4, 0.5) is 34.6 Å². The van der Waals surface area contributed by atoms with Crippen LogP contribution in [0.25, 0.3) is 0 Å². The summed E-state index contributed by atoms with van der Waals surface area (Å²) in [5.41, 5.74) is 0.772. The average Bonchev–Trinajstić information content (AvgIpc) is 2.89. The number of hydrogen-bond acceptors (Lipinski definition) is 3. The maximum atomic E-state index is 14.2. The highest BCUT2D eigenvalue weighted by Gasteiger charge is 2.27. The third-order valence-corrected chi connectivity index (χ3v) is 6.53. The number of halogens is 4. The molecule has 1 unspecified atom stereocenters. The molecule has 0 spiro atoms. The van der Waals surface area contributed by atoms with Crippen molar-refractivity contribution in [3.63, 3.8) is 0 Å². The Kier molecular flexibility index (Phi) is 8.42. The topological polar surface area (TPSA) is 53.2 Å². The summed E-state index contributed by atoms with van der Waals surface area (Å²) in [5.74, 6) is -7.46. The molecule has 0 saturated carbocycles. The summed E-state index contributed by atoms with van der Waals surface area (Å²) in [6.07, 6.45) is 0. The summed E-state index contributed by atoms with van der Waals surface area (Å²) in [7, 11) is 0. The molecule has 0 aliphatic rings. The molecule has 0 saturated heterocycles. The third kappa shape index (κ3) is 6.66. The van der Waals surface area contributed by atoms with Crippen molar-refractivity contribution in [3.05, 3.63) is 120 Å². The number of thiocarbonyl (C=S) groups is 1. The molecule has 1 amide bonds. The van der Waals surface area contributed by atoms with Gasteiger partial charge in [-0.3, -0.25) is 4.79 Å². The van der Waals surface area contributed by atoms with E-state index in [-0.39, 0.29) is 6.07 Å². The number of carbonyl (C=O) groups excluding carboxylic acids is 1. The van der Waals surface area contributed by atoms with Crippen LogP contribution >= 0.6 is 24.0 Å². The van der Waals surface area contributed by atoms with Crippen LogP contribution in [0.15, 0.2) is 95.9 Å². The van der Waals surface area contributed by atoms with Crippen molar-refractivity contribution in [2.45, 2.75) is 10.1 Å². The molecule has 0 heterocycles. The maximum Gasteiger partial charge on any atom is 0.242 e. The molecule has 4 nitrogen and oxygen atoms in total. The third-order valence-electron chi connectivity index (χ3n) is 5.08. The minimum absolute atomic E-state index is 0.0827. The van der Waals surface area contributed by atoms with Crippen molar-refractivity contribution in [2.24, 2.45) is 0 Å². The van der Waals surface area contributed by atoms with Crippen LogP contribution in [0.5, 0.6) is 0 Å². The zero-order chi connectivity index (χ0) is 26.4. The molecule has 0 aromatic heterocycles. The quantitative estimate of drug-likeness (QED) is 0.0978. The fourth-order valence-corrected chi connectivity index (χ4v) is 4.69. The van der Waals surface area contributed by atoms with Gasteiger partial charge in [-0.2, -0.15) is 0 Å². The molecule has 4 rings (SSSR count). The molecule has 37 heavy (non-hydrogen) atoms. The van der Waals surface area contributed by atoms with Crippen molar-refractivity contribution < 1.29 is 22.4 Å². The largest absolute Gasteiger partial charge is 0.332 e. The standard InChI is InChI=1S/C27H19F4N3OS2/c28-20-15-21(29)23(31)24(22(20)30)34-26(35)25(16-8-3-1-4-9-16)37-19-13-7-12-18(14-19)33-27(36)32-17-10-5-2-6-11-17/h1-15,25H,(H,34,35)(H2,32,33,36). The Hall–Kier alpha value is -3.89. The van der Waals surface area contributed by atoms with Crippen LogP contribution in [0.1, 0.15) is 10.8 Å². The van der Waals surface area contributed by atoms with Gasteiger partial charge in [-0.15, -0.1) is 11.8 Å². The van der Waals surface area contributed by atoms with E-state index < -0.39 is 40.1 Å². The number of para-hydroxylation sites is 1. The molecular weight excluding hydrogens is 522 g/mol. The SMILES string of the molecule is O=C(Nc1c(F)c(F)cc(F)c1F)C(Sc1cccc(NC(=S)Nc2ccccc2)c1)c1ccccc1. The van der Waals surface area contributed by atoms with Gasteiger partial charge in [-0.05, 0) is 48.1 Å². The molecule has 10 heteroatoms. The van der Waals surface area contributed by atoms with Gasteiger partial charge in [0.15, 0.2) is 28.4 Å². The van der Waals surface area contributed by atoms with E-state index in [1.165, 1.54) is 0 Å². The van der Waals surface area contributed by atoms with Crippen LogP contribution in [-0.4, -0.2) is 11.0 Å². The van der Waals surface area contributed by atoms with Gasteiger partial charge in [0.2, 0.25) is 5.91 Å². The van der Waals surface area contributed by atoms with Gasteiger partial charge in [-0.25, -0.2) is 17.6 Å². The summed E-state index contributed by atoms with van der Waals surface area (Å²) in [4.78, 5) is 13.8. The summed E-state index contributed by atoms with van der Waals surface area (Å²) >= 11 is 6.45. The first-order chi connectivity index (χ1) is 17.8. The molecule has 4 aromatic rings. The van der Waals surface area contributed by atoms with Gasteiger partial charge < -0.3 is 16.0 Å². The number of nitrogens with one attached hydrogen (secondary N) is 3. The highest BCUT2D eigenvalue weighted by Crippen LogP contribution is 2.38. The molecule has 0 aliphatic heterocycles. The fraction of sp³-hybridized carbons (Fsp3) is 0.0370. The zero-order valence-electron chi connectivity index (χ0n) is 19.0. The molecule has 1 atom stereocenters. The van der Waals surface area contributed by atoms with Crippen molar-refractivity contribution in [1.29, 1.82) is 0 Å². The van der Waals surface area contributed by atoms with Gasteiger partial charge in [0.25, 0.3) is 0 Å². The first-order valence-electron chi connectivity index (χ1n) is 10.9. The number of carbonyl (C=O) groups is 1. The molecule has 0 radical (unpaired) electrons. The lowest BCUT2D eigenvalue weighted by molar-refractivity contribution is -0.115. The first-order valence-corrected chi connectivity index (χ1v) is 12.2. The number of rotatable bonds is 7. The second-order valence-corrected chi connectivity index (χ2v) is 9.30. The lowest BCUT2D eigenvalue weighted by atomic mass is 10.1. The maximum absolute atomic E-state index is 14.2. The predicted molar refractivity (Wildman–Crippen MR) is 143 cm³/mol. The van der Waals surface area contributed by atoms with Crippen LogP contribution in [0, 0.1) is 23.3 Å². The van der Waals surface area contributed by atoms with Crippen LogP contribution in [0.3, 0.4) is 0 Å². The Morgan fingerprint density at radius 1 is 0.703 bits per heavy atom.